The van der Waals surface area contributed by atoms with Gasteiger partial charge < -0.3 is 14.0 Å². The van der Waals surface area contributed by atoms with E-state index < -0.39 is 0 Å². The molecule has 2 aromatic rings. The Balaban J connectivity index is 1.57. The van der Waals surface area contributed by atoms with Crippen LogP contribution in [0.15, 0.2) is 22.9 Å². The molecule has 1 unspecified atom stereocenters. The summed E-state index contributed by atoms with van der Waals surface area (Å²) in [6.45, 7) is 9.48. The second kappa shape index (κ2) is 9.37. The summed E-state index contributed by atoms with van der Waals surface area (Å²) in [5.41, 5.74) is 1.31. The molecule has 0 N–H and O–H groups in total. The van der Waals surface area contributed by atoms with Crippen LogP contribution in [0.2, 0.25) is 0 Å². The van der Waals surface area contributed by atoms with Crippen molar-refractivity contribution in [2.24, 2.45) is 13.0 Å². The molecular weight excluding hydrogens is 354 g/mol. The Hall–Kier alpha value is -2.15. The van der Waals surface area contributed by atoms with E-state index in [0.717, 1.165) is 38.9 Å². The monoisotopic (exact) mass is 387 g/mol. The van der Waals surface area contributed by atoms with Crippen molar-refractivity contribution in [2.45, 2.75) is 59.0 Å². The predicted molar refractivity (Wildman–Crippen MR) is 108 cm³/mol. The average molecular weight is 388 g/mol. The van der Waals surface area contributed by atoms with Crippen LogP contribution >= 0.6 is 0 Å². The lowest BCUT2D eigenvalue weighted by atomic mass is 10.0. The van der Waals surface area contributed by atoms with Crippen LogP contribution in [-0.4, -0.2) is 56.1 Å². The van der Waals surface area contributed by atoms with Gasteiger partial charge in [-0.15, -0.1) is 0 Å². The Labute approximate surface area is 167 Å². The molecule has 7 heteroatoms. The fourth-order valence-corrected chi connectivity index (χ4v) is 3.96. The third-order valence-corrected chi connectivity index (χ3v) is 5.43. The van der Waals surface area contributed by atoms with E-state index in [1.54, 1.807) is 6.92 Å². The lowest BCUT2D eigenvalue weighted by Crippen LogP contribution is -2.50. The molecule has 2 aromatic heterocycles. The SMILES string of the molecule is CC(=O)N(CCc1noc(CC(C)C)n1)C1CCCN(Cc2cccn2C)C1. The first-order valence-corrected chi connectivity index (χ1v) is 10.3. The number of carbonyl (C=O) groups excluding carboxylic acids is 1. The molecule has 0 spiro atoms. The molecule has 0 saturated carbocycles. The molecule has 3 rings (SSSR count). The van der Waals surface area contributed by atoms with Crippen LogP contribution in [0.3, 0.4) is 0 Å². The molecule has 7 nitrogen and oxygen atoms in total. The Bertz CT molecular complexity index is 766. The highest BCUT2D eigenvalue weighted by molar-refractivity contribution is 5.73. The van der Waals surface area contributed by atoms with Crippen molar-refractivity contribution < 1.29 is 9.32 Å². The Morgan fingerprint density at radius 2 is 2.25 bits per heavy atom. The molecule has 0 aromatic carbocycles. The van der Waals surface area contributed by atoms with Gasteiger partial charge in [-0.1, -0.05) is 19.0 Å². The van der Waals surface area contributed by atoms with Crippen molar-refractivity contribution >= 4 is 5.91 Å². The second-order valence-electron chi connectivity index (χ2n) is 8.31. The third kappa shape index (κ3) is 5.44. The number of piperidine rings is 1. The number of aromatic nitrogens is 3. The maximum absolute atomic E-state index is 12.3. The van der Waals surface area contributed by atoms with E-state index >= 15 is 0 Å². The smallest absolute Gasteiger partial charge is 0.226 e. The number of hydrogen-bond acceptors (Lipinski definition) is 5. The first-order chi connectivity index (χ1) is 13.4. The number of amides is 1. The topological polar surface area (TPSA) is 67.4 Å². The molecule has 28 heavy (non-hydrogen) atoms. The van der Waals surface area contributed by atoms with E-state index in [0.29, 0.717) is 30.6 Å². The van der Waals surface area contributed by atoms with Gasteiger partial charge in [0.25, 0.3) is 0 Å². The number of aryl methyl sites for hydroxylation is 1. The zero-order valence-corrected chi connectivity index (χ0v) is 17.6. The molecule has 1 atom stereocenters. The minimum absolute atomic E-state index is 0.122. The molecule has 1 fully saturated rings. The maximum Gasteiger partial charge on any atom is 0.226 e. The summed E-state index contributed by atoms with van der Waals surface area (Å²) in [4.78, 5) is 21.3. The quantitative estimate of drug-likeness (QED) is 0.697. The highest BCUT2D eigenvalue weighted by atomic mass is 16.5. The minimum Gasteiger partial charge on any atom is -0.353 e. The Morgan fingerprint density at radius 1 is 1.43 bits per heavy atom. The van der Waals surface area contributed by atoms with Crippen molar-refractivity contribution in [1.82, 2.24) is 24.5 Å². The first-order valence-electron chi connectivity index (χ1n) is 10.3. The van der Waals surface area contributed by atoms with Gasteiger partial charge in [-0.3, -0.25) is 9.69 Å². The predicted octanol–water partition coefficient (Wildman–Crippen LogP) is 2.66. The maximum atomic E-state index is 12.3. The largest absolute Gasteiger partial charge is 0.353 e. The fraction of sp³-hybridized carbons (Fsp3) is 0.667. The van der Waals surface area contributed by atoms with E-state index in [1.165, 1.54) is 5.69 Å². The Kier molecular flexibility index (Phi) is 6.88. The lowest BCUT2D eigenvalue weighted by molar-refractivity contribution is -0.132. The molecule has 1 amide bonds. The van der Waals surface area contributed by atoms with Gasteiger partial charge >= 0.3 is 0 Å². The average Bonchev–Trinajstić information content (AvgIpc) is 3.24. The second-order valence-corrected chi connectivity index (χ2v) is 8.31. The summed E-state index contributed by atoms with van der Waals surface area (Å²) < 4.78 is 7.49. The number of likely N-dealkylation sites (tertiary alicyclic amines) is 1. The van der Waals surface area contributed by atoms with Crippen LogP contribution in [0.1, 0.15) is 51.0 Å². The highest BCUT2D eigenvalue weighted by Crippen LogP contribution is 2.19. The van der Waals surface area contributed by atoms with Gasteiger partial charge in [-0.05, 0) is 37.4 Å². The summed E-state index contributed by atoms with van der Waals surface area (Å²) in [5.74, 6) is 1.99. The molecule has 1 saturated heterocycles. The van der Waals surface area contributed by atoms with E-state index in [1.807, 2.05) is 4.90 Å². The van der Waals surface area contributed by atoms with Gasteiger partial charge in [0.2, 0.25) is 11.8 Å². The zero-order valence-electron chi connectivity index (χ0n) is 17.6. The molecule has 0 bridgehead atoms. The van der Waals surface area contributed by atoms with Crippen molar-refractivity contribution in [3.8, 4) is 0 Å². The molecule has 1 aliphatic heterocycles. The number of rotatable bonds is 8. The summed E-state index contributed by atoms with van der Waals surface area (Å²) in [6, 6.07) is 4.49. The van der Waals surface area contributed by atoms with Crippen molar-refractivity contribution in [2.75, 3.05) is 19.6 Å². The van der Waals surface area contributed by atoms with Crippen LogP contribution in [0, 0.1) is 5.92 Å². The molecular formula is C21H33N5O2. The van der Waals surface area contributed by atoms with Crippen LogP contribution in [0.4, 0.5) is 0 Å². The molecule has 3 heterocycles. The van der Waals surface area contributed by atoms with Crippen molar-refractivity contribution in [3.63, 3.8) is 0 Å². The molecule has 1 aliphatic rings. The van der Waals surface area contributed by atoms with E-state index in [4.69, 9.17) is 4.52 Å². The summed E-state index contributed by atoms with van der Waals surface area (Å²) in [6.07, 6.45) is 5.67. The summed E-state index contributed by atoms with van der Waals surface area (Å²) in [7, 11) is 2.08. The van der Waals surface area contributed by atoms with E-state index in [-0.39, 0.29) is 11.9 Å². The first kappa shape index (κ1) is 20.6. The number of nitrogens with zero attached hydrogens (tertiary/aromatic N) is 5. The summed E-state index contributed by atoms with van der Waals surface area (Å²) >= 11 is 0. The van der Waals surface area contributed by atoms with Crippen molar-refractivity contribution in [1.29, 1.82) is 0 Å². The van der Waals surface area contributed by atoms with E-state index in [9.17, 15) is 4.79 Å². The number of hydrogen-bond donors (Lipinski definition) is 0. The minimum atomic E-state index is 0.122. The van der Waals surface area contributed by atoms with Crippen LogP contribution < -0.4 is 0 Å². The summed E-state index contributed by atoms with van der Waals surface area (Å²) in [5, 5.41) is 4.08. The van der Waals surface area contributed by atoms with Crippen LogP contribution in [0.5, 0.6) is 0 Å². The van der Waals surface area contributed by atoms with E-state index in [2.05, 4.69) is 58.8 Å². The van der Waals surface area contributed by atoms with Crippen molar-refractivity contribution in [3.05, 3.63) is 35.7 Å². The lowest BCUT2D eigenvalue weighted by Gasteiger charge is -2.39. The van der Waals surface area contributed by atoms with Gasteiger partial charge in [-0.25, -0.2) is 0 Å². The third-order valence-electron chi connectivity index (χ3n) is 5.43. The van der Waals surface area contributed by atoms with Gasteiger partial charge in [0.1, 0.15) is 0 Å². The highest BCUT2D eigenvalue weighted by Gasteiger charge is 2.27. The fourth-order valence-electron chi connectivity index (χ4n) is 3.96. The van der Waals surface area contributed by atoms with Gasteiger partial charge in [0.05, 0.1) is 0 Å². The Morgan fingerprint density at radius 3 is 2.93 bits per heavy atom. The van der Waals surface area contributed by atoms with Crippen LogP contribution in [0.25, 0.3) is 0 Å². The molecule has 154 valence electrons. The molecule has 0 radical (unpaired) electrons. The molecule has 0 aliphatic carbocycles. The normalized spacial score (nSPS) is 18.0. The van der Waals surface area contributed by atoms with Gasteiger partial charge in [0.15, 0.2) is 5.82 Å². The van der Waals surface area contributed by atoms with Gasteiger partial charge in [-0.2, -0.15) is 4.98 Å². The standard InChI is InChI=1S/C21H33N5O2/c1-16(2)13-21-22-20(23-28-21)9-12-26(17(3)27)19-8-6-11-25(15-19)14-18-7-5-10-24(18)4/h5,7,10,16,19H,6,8-9,11-15H2,1-4H3. The van der Waals surface area contributed by atoms with Crippen LogP contribution in [-0.2, 0) is 31.2 Å². The number of carbonyl (C=O) groups is 1. The zero-order chi connectivity index (χ0) is 20.1. The van der Waals surface area contributed by atoms with Gasteiger partial charge in [0, 0.05) is 64.4 Å².